The second-order valence-corrected chi connectivity index (χ2v) is 7.86. The molecule has 0 spiro atoms. The number of nitrogens with one attached hydrogen (secondary N) is 1. The normalized spacial score (nSPS) is 15.9. The van der Waals surface area contributed by atoms with E-state index < -0.39 is 0 Å². The Labute approximate surface area is 152 Å². The molecule has 0 aromatic carbocycles. The molecule has 0 heterocycles. The zero-order chi connectivity index (χ0) is 18.4. The second-order valence-electron chi connectivity index (χ2n) is 7.86. The number of aliphatic hydroxyl groups is 1. The molecule has 2 N–H and O–H groups in total. The largest absolute Gasteiger partial charge is 0.396 e. The smallest absolute Gasteiger partial charge is 0.0499 e. The van der Waals surface area contributed by atoms with E-state index in [1.807, 2.05) is 7.05 Å². The molecule has 0 aliphatic heterocycles. The fourth-order valence-electron chi connectivity index (χ4n) is 3.64. The zero-order valence-corrected chi connectivity index (χ0v) is 17.4. The Kier molecular flexibility index (Phi) is 14.0. The van der Waals surface area contributed by atoms with Crippen molar-refractivity contribution in [2.45, 2.75) is 78.2 Å². The molecule has 0 saturated heterocycles. The van der Waals surface area contributed by atoms with Gasteiger partial charge in [-0.15, -0.1) is 0 Å². The maximum absolute atomic E-state index is 10.3. The molecule has 0 fully saturated rings. The molecule has 146 valence electrons. The predicted molar refractivity (Wildman–Crippen MR) is 106 cm³/mol. The Morgan fingerprint density at radius 2 is 1.71 bits per heavy atom. The highest BCUT2D eigenvalue weighted by Gasteiger charge is 2.31. The lowest BCUT2D eigenvalue weighted by Crippen LogP contribution is -2.43. The molecular formula is C20H45N3O. The quantitative estimate of drug-likeness (QED) is 0.332. The van der Waals surface area contributed by atoms with Gasteiger partial charge in [-0.3, -0.25) is 4.90 Å². The fourth-order valence-corrected chi connectivity index (χ4v) is 3.64. The fraction of sp³-hybridized carbons (Fsp3) is 1.00. The maximum atomic E-state index is 10.3. The van der Waals surface area contributed by atoms with E-state index in [4.69, 9.17) is 0 Å². The summed E-state index contributed by atoms with van der Waals surface area (Å²) in [5.41, 5.74) is 0.0619. The van der Waals surface area contributed by atoms with Crippen molar-refractivity contribution in [3.8, 4) is 0 Å². The maximum Gasteiger partial charge on any atom is 0.0499 e. The summed E-state index contributed by atoms with van der Waals surface area (Å²) in [4.78, 5) is 4.79. The highest BCUT2D eigenvalue weighted by Crippen LogP contribution is 2.32. The van der Waals surface area contributed by atoms with E-state index in [-0.39, 0.29) is 5.41 Å². The van der Waals surface area contributed by atoms with E-state index in [9.17, 15) is 5.11 Å². The minimum atomic E-state index is 0.0619. The third-order valence-electron chi connectivity index (χ3n) is 5.36. The lowest BCUT2D eigenvalue weighted by molar-refractivity contribution is 0.0470. The SMILES string of the molecule is CCCCCC(CO)(CCCN(C)CNC)CN(C)C(C)CCC. The summed E-state index contributed by atoms with van der Waals surface area (Å²) in [6.45, 7) is 10.2. The molecule has 24 heavy (non-hydrogen) atoms. The van der Waals surface area contributed by atoms with Crippen LogP contribution in [0.15, 0.2) is 0 Å². The van der Waals surface area contributed by atoms with Gasteiger partial charge in [0, 0.05) is 31.3 Å². The molecule has 0 rings (SSSR count). The average Bonchev–Trinajstić information content (AvgIpc) is 2.55. The van der Waals surface area contributed by atoms with Gasteiger partial charge in [0.2, 0.25) is 0 Å². The topological polar surface area (TPSA) is 38.7 Å². The minimum absolute atomic E-state index is 0.0619. The van der Waals surface area contributed by atoms with Crippen LogP contribution in [0.1, 0.15) is 72.1 Å². The first-order valence-electron chi connectivity index (χ1n) is 10.1. The standard InChI is InChI=1S/C20H45N3O/c1-7-9-10-13-20(17-24,14-11-15-22(5)18-21-4)16-23(6)19(3)12-8-2/h19,21,24H,7-18H2,1-6H3. The van der Waals surface area contributed by atoms with Gasteiger partial charge < -0.3 is 15.3 Å². The molecule has 4 heteroatoms. The van der Waals surface area contributed by atoms with Gasteiger partial charge in [-0.2, -0.15) is 0 Å². The zero-order valence-electron chi connectivity index (χ0n) is 17.4. The summed E-state index contributed by atoms with van der Waals surface area (Å²) >= 11 is 0. The van der Waals surface area contributed by atoms with Crippen molar-refractivity contribution in [2.75, 3.05) is 47.5 Å². The molecule has 0 aromatic rings. The number of nitrogens with zero attached hydrogens (tertiary/aromatic N) is 2. The van der Waals surface area contributed by atoms with Crippen LogP contribution in [0.25, 0.3) is 0 Å². The number of hydrogen-bond acceptors (Lipinski definition) is 4. The first kappa shape index (κ1) is 23.8. The van der Waals surface area contributed by atoms with Crippen molar-refractivity contribution in [3.05, 3.63) is 0 Å². The molecule has 0 amide bonds. The van der Waals surface area contributed by atoms with Gasteiger partial charge in [0.05, 0.1) is 0 Å². The van der Waals surface area contributed by atoms with Gasteiger partial charge in [0.25, 0.3) is 0 Å². The Morgan fingerprint density at radius 1 is 1.04 bits per heavy atom. The summed E-state index contributed by atoms with van der Waals surface area (Å²) in [7, 11) is 6.38. The van der Waals surface area contributed by atoms with E-state index >= 15 is 0 Å². The van der Waals surface area contributed by atoms with Gasteiger partial charge in [0.15, 0.2) is 0 Å². The van der Waals surface area contributed by atoms with Gasteiger partial charge in [-0.1, -0.05) is 39.5 Å². The van der Waals surface area contributed by atoms with Crippen LogP contribution in [-0.4, -0.2) is 68.5 Å². The summed E-state index contributed by atoms with van der Waals surface area (Å²) in [6, 6.07) is 0.596. The highest BCUT2D eigenvalue weighted by molar-refractivity contribution is 4.83. The monoisotopic (exact) mass is 343 g/mol. The van der Waals surface area contributed by atoms with E-state index in [2.05, 4.69) is 50.0 Å². The van der Waals surface area contributed by atoms with Crippen LogP contribution in [0, 0.1) is 5.41 Å². The van der Waals surface area contributed by atoms with Crippen molar-refractivity contribution >= 4 is 0 Å². The molecule has 0 aliphatic carbocycles. The summed E-state index contributed by atoms with van der Waals surface area (Å²) in [5, 5.41) is 13.5. The Morgan fingerprint density at radius 3 is 2.25 bits per heavy atom. The summed E-state index contributed by atoms with van der Waals surface area (Å²) in [6.07, 6.45) is 9.63. The first-order valence-corrected chi connectivity index (χ1v) is 10.1. The van der Waals surface area contributed by atoms with Crippen molar-refractivity contribution in [2.24, 2.45) is 5.41 Å². The van der Waals surface area contributed by atoms with Gasteiger partial charge in [-0.25, -0.2) is 0 Å². The van der Waals surface area contributed by atoms with Crippen LogP contribution in [0.5, 0.6) is 0 Å². The predicted octanol–water partition coefficient (Wildman–Crippen LogP) is 3.55. The molecular weight excluding hydrogens is 298 g/mol. The van der Waals surface area contributed by atoms with Gasteiger partial charge >= 0.3 is 0 Å². The minimum Gasteiger partial charge on any atom is -0.396 e. The van der Waals surface area contributed by atoms with Crippen molar-refractivity contribution < 1.29 is 5.11 Å². The van der Waals surface area contributed by atoms with Gasteiger partial charge in [-0.05, 0) is 60.3 Å². The average molecular weight is 344 g/mol. The second kappa shape index (κ2) is 14.1. The van der Waals surface area contributed by atoms with Crippen LogP contribution in [0.4, 0.5) is 0 Å². The summed E-state index contributed by atoms with van der Waals surface area (Å²) in [5.74, 6) is 0. The molecule has 0 aliphatic rings. The lowest BCUT2D eigenvalue weighted by Gasteiger charge is -2.39. The Balaban J connectivity index is 4.72. The Bertz CT molecular complexity index is 288. The summed E-state index contributed by atoms with van der Waals surface area (Å²) < 4.78 is 0. The Hall–Kier alpha value is -0.160. The van der Waals surface area contributed by atoms with Crippen LogP contribution < -0.4 is 5.32 Å². The van der Waals surface area contributed by atoms with E-state index in [0.29, 0.717) is 12.6 Å². The number of aliphatic hydroxyl groups excluding tert-OH is 1. The molecule has 0 aromatic heterocycles. The third-order valence-corrected chi connectivity index (χ3v) is 5.36. The first-order chi connectivity index (χ1) is 11.4. The number of unbranched alkanes of at least 4 members (excludes halogenated alkanes) is 2. The highest BCUT2D eigenvalue weighted by atomic mass is 16.3. The van der Waals surface area contributed by atoms with E-state index in [1.54, 1.807) is 0 Å². The van der Waals surface area contributed by atoms with Crippen LogP contribution in [0.2, 0.25) is 0 Å². The number of rotatable bonds is 16. The molecule has 0 bridgehead atoms. The molecule has 2 atom stereocenters. The number of hydrogen-bond donors (Lipinski definition) is 2. The van der Waals surface area contributed by atoms with Crippen molar-refractivity contribution in [1.82, 2.24) is 15.1 Å². The molecule has 0 radical (unpaired) electrons. The molecule has 2 unspecified atom stereocenters. The van der Waals surface area contributed by atoms with Crippen LogP contribution in [-0.2, 0) is 0 Å². The third kappa shape index (κ3) is 9.97. The van der Waals surface area contributed by atoms with Crippen LogP contribution in [0.3, 0.4) is 0 Å². The van der Waals surface area contributed by atoms with Crippen LogP contribution >= 0.6 is 0 Å². The van der Waals surface area contributed by atoms with Gasteiger partial charge in [0.1, 0.15) is 0 Å². The molecule has 0 saturated carbocycles. The van der Waals surface area contributed by atoms with E-state index in [1.165, 1.54) is 32.1 Å². The van der Waals surface area contributed by atoms with Crippen molar-refractivity contribution in [1.29, 1.82) is 0 Å². The van der Waals surface area contributed by atoms with E-state index in [0.717, 1.165) is 39.0 Å². The van der Waals surface area contributed by atoms with Crippen molar-refractivity contribution in [3.63, 3.8) is 0 Å². The molecule has 4 nitrogen and oxygen atoms in total. The lowest BCUT2D eigenvalue weighted by atomic mass is 9.78.